The number of nitrogens with zero attached hydrogens (tertiary/aromatic N) is 5. The van der Waals surface area contributed by atoms with Gasteiger partial charge in [0.1, 0.15) is 12.4 Å². The van der Waals surface area contributed by atoms with Gasteiger partial charge in [-0.1, -0.05) is 32.0 Å². The Balaban J connectivity index is 1.51. The third kappa shape index (κ3) is 6.55. The van der Waals surface area contributed by atoms with Gasteiger partial charge in [0.05, 0.1) is 0 Å². The van der Waals surface area contributed by atoms with Crippen LogP contribution >= 0.6 is 0 Å². The Morgan fingerprint density at radius 3 is 2.35 bits per heavy atom. The van der Waals surface area contributed by atoms with Crippen LogP contribution in [0.4, 0.5) is 11.5 Å². The van der Waals surface area contributed by atoms with Crippen LogP contribution in [-0.4, -0.2) is 72.9 Å². The first-order chi connectivity index (χ1) is 15.1. The number of carbonyl (C=O) groups excluding carboxylic acids is 1. The molecule has 1 fully saturated rings. The summed E-state index contributed by atoms with van der Waals surface area (Å²) in [6, 6.07) is 13.6. The van der Waals surface area contributed by atoms with E-state index in [1.807, 2.05) is 18.2 Å². The highest BCUT2D eigenvalue weighted by Crippen LogP contribution is 2.18. The molecule has 0 spiro atoms. The zero-order valence-corrected chi connectivity index (χ0v) is 18.7. The van der Waals surface area contributed by atoms with Gasteiger partial charge in [-0.25, -0.2) is 4.68 Å². The van der Waals surface area contributed by atoms with Crippen molar-refractivity contribution in [3.05, 3.63) is 52.8 Å². The van der Waals surface area contributed by atoms with Gasteiger partial charge in [0.25, 0.3) is 5.56 Å². The van der Waals surface area contributed by atoms with Crippen LogP contribution in [0.1, 0.15) is 20.3 Å². The molecule has 31 heavy (non-hydrogen) atoms. The van der Waals surface area contributed by atoms with Crippen LogP contribution in [0.5, 0.6) is 0 Å². The smallest absolute Gasteiger partial charge is 0.267 e. The van der Waals surface area contributed by atoms with Crippen LogP contribution in [-0.2, 0) is 11.3 Å². The molecule has 2 aromatic rings. The van der Waals surface area contributed by atoms with Crippen molar-refractivity contribution in [3.8, 4) is 0 Å². The van der Waals surface area contributed by atoms with E-state index >= 15 is 0 Å². The molecule has 8 nitrogen and oxygen atoms in total. The molecule has 1 N–H and O–H groups in total. The second kappa shape index (κ2) is 11.5. The molecule has 1 aromatic carbocycles. The number of hydrogen-bond donors (Lipinski definition) is 1. The van der Waals surface area contributed by atoms with E-state index in [0.717, 1.165) is 58.1 Å². The average Bonchev–Trinajstić information content (AvgIpc) is 2.81. The predicted molar refractivity (Wildman–Crippen MR) is 125 cm³/mol. The molecule has 8 heteroatoms. The molecule has 0 atom stereocenters. The first kappa shape index (κ1) is 22.8. The van der Waals surface area contributed by atoms with Crippen LogP contribution < -0.4 is 20.7 Å². The summed E-state index contributed by atoms with van der Waals surface area (Å²) in [5.74, 6) is 0.557. The monoisotopic (exact) mass is 426 g/mol. The van der Waals surface area contributed by atoms with Gasteiger partial charge in [-0.15, -0.1) is 0 Å². The van der Waals surface area contributed by atoms with Crippen LogP contribution in [0, 0.1) is 0 Å². The van der Waals surface area contributed by atoms with E-state index in [2.05, 4.69) is 51.1 Å². The zero-order chi connectivity index (χ0) is 22.1. The van der Waals surface area contributed by atoms with E-state index in [-0.39, 0.29) is 18.0 Å². The Bertz CT molecular complexity index is 873. The van der Waals surface area contributed by atoms with Gasteiger partial charge in [-0.05, 0) is 44.3 Å². The quantitative estimate of drug-likeness (QED) is 0.580. The summed E-state index contributed by atoms with van der Waals surface area (Å²) in [4.78, 5) is 31.3. The van der Waals surface area contributed by atoms with E-state index in [9.17, 15) is 9.59 Å². The molecule has 0 unspecified atom stereocenters. The van der Waals surface area contributed by atoms with Crippen molar-refractivity contribution >= 4 is 17.4 Å². The van der Waals surface area contributed by atoms with Crippen molar-refractivity contribution in [2.24, 2.45) is 0 Å². The Kier molecular flexibility index (Phi) is 8.46. The average molecular weight is 427 g/mol. The summed E-state index contributed by atoms with van der Waals surface area (Å²) in [5.41, 5.74) is 0.961. The van der Waals surface area contributed by atoms with Gasteiger partial charge in [0, 0.05) is 44.5 Å². The lowest BCUT2D eigenvalue weighted by molar-refractivity contribution is -0.121. The normalized spacial score (nSPS) is 14.2. The minimum atomic E-state index is -0.259. The Labute approximate surface area is 184 Å². The molecule has 2 heterocycles. The Morgan fingerprint density at radius 2 is 1.68 bits per heavy atom. The number of anilines is 2. The highest BCUT2D eigenvalue weighted by Gasteiger charge is 2.19. The standard InChI is InChI=1S/C23H34N6O2/c1-3-26(4-2)14-8-13-24-22(30)19-29-23(31)12-11-21(25-29)28-17-15-27(16-18-28)20-9-6-5-7-10-20/h5-7,9-12H,3-4,8,13-19H2,1-2H3,(H,24,30). The summed E-state index contributed by atoms with van der Waals surface area (Å²) >= 11 is 0. The summed E-state index contributed by atoms with van der Waals surface area (Å²) in [6.07, 6.45) is 0.890. The number of rotatable bonds is 10. The minimum Gasteiger partial charge on any atom is -0.368 e. The van der Waals surface area contributed by atoms with E-state index in [0.29, 0.717) is 6.54 Å². The van der Waals surface area contributed by atoms with Crippen molar-refractivity contribution in [3.63, 3.8) is 0 Å². The second-order valence-electron chi connectivity index (χ2n) is 7.73. The zero-order valence-electron chi connectivity index (χ0n) is 18.7. The number of piperazine rings is 1. The maximum absolute atomic E-state index is 12.3. The van der Waals surface area contributed by atoms with Gasteiger partial charge in [-0.2, -0.15) is 5.10 Å². The van der Waals surface area contributed by atoms with Crippen molar-refractivity contribution in [2.75, 3.05) is 62.2 Å². The Morgan fingerprint density at radius 1 is 1.00 bits per heavy atom. The highest BCUT2D eigenvalue weighted by molar-refractivity contribution is 5.75. The summed E-state index contributed by atoms with van der Waals surface area (Å²) < 4.78 is 1.26. The van der Waals surface area contributed by atoms with E-state index < -0.39 is 0 Å². The van der Waals surface area contributed by atoms with Crippen molar-refractivity contribution < 1.29 is 4.79 Å². The molecule has 1 saturated heterocycles. The van der Waals surface area contributed by atoms with Crippen LogP contribution in [0.2, 0.25) is 0 Å². The van der Waals surface area contributed by atoms with Gasteiger partial charge in [0.2, 0.25) is 5.91 Å². The Hall–Kier alpha value is -2.87. The minimum absolute atomic E-state index is 0.0536. The second-order valence-corrected chi connectivity index (χ2v) is 7.73. The number of amides is 1. The molecular formula is C23H34N6O2. The molecule has 0 radical (unpaired) electrons. The molecule has 0 bridgehead atoms. The molecule has 3 rings (SSSR count). The molecule has 1 amide bonds. The third-order valence-electron chi connectivity index (χ3n) is 5.74. The molecule has 1 aliphatic heterocycles. The number of benzene rings is 1. The highest BCUT2D eigenvalue weighted by atomic mass is 16.2. The predicted octanol–water partition coefficient (Wildman–Crippen LogP) is 1.42. The van der Waals surface area contributed by atoms with Gasteiger partial charge < -0.3 is 20.0 Å². The lowest BCUT2D eigenvalue weighted by atomic mass is 10.2. The van der Waals surface area contributed by atoms with Crippen LogP contribution in [0.25, 0.3) is 0 Å². The van der Waals surface area contributed by atoms with E-state index in [1.54, 1.807) is 6.07 Å². The lowest BCUT2D eigenvalue weighted by Gasteiger charge is -2.36. The largest absolute Gasteiger partial charge is 0.368 e. The van der Waals surface area contributed by atoms with Gasteiger partial charge in [0.15, 0.2) is 0 Å². The van der Waals surface area contributed by atoms with Crippen LogP contribution in [0.15, 0.2) is 47.3 Å². The molecule has 1 aliphatic rings. The van der Waals surface area contributed by atoms with Crippen molar-refractivity contribution in [1.82, 2.24) is 20.0 Å². The number of aromatic nitrogens is 2. The molecule has 1 aromatic heterocycles. The lowest BCUT2D eigenvalue weighted by Crippen LogP contribution is -2.47. The SMILES string of the molecule is CCN(CC)CCCNC(=O)Cn1nc(N2CCN(c3ccccc3)CC2)ccc1=O. The number of nitrogens with one attached hydrogen (secondary N) is 1. The van der Waals surface area contributed by atoms with E-state index in [4.69, 9.17) is 0 Å². The summed E-state index contributed by atoms with van der Waals surface area (Å²) in [7, 11) is 0. The fourth-order valence-electron chi connectivity index (χ4n) is 3.81. The molecule has 0 aliphatic carbocycles. The molecule has 0 saturated carbocycles. The topological polar surface area (TPSA) is 73.7 Å². The third-order valence-corrected chi connectivity index (χ3v) is 5.74. The number of carbonyl (C=O) groups is 1. The number of para-hydroxylation sites is 1. The fourth-order valence-corrected chi connectivity index (χ4v) is 3.81. The molecule has 168 valence electrons. The fraction of sp³-hybridized carbons (Fsp3) is 0.522. The maximum Gasteiger partial charge on any atom is 0.267 e. The van der Waals surface area contributed by atoms with Crippen molar-refractivity contribution in [2.45, 2.75) is 26.8 Å². The first-order valence-electron chi connectivity index (χ1n) is 11.2. The number of hydrogen-bond acceptors (Lipinski definition) is 6. The van der Waals surface area contributed by atoms with Crippen LogP contribution in [0.3, 0.4) is 0 Å². The van der Waals surface area contributed by atoms with E-state index in [1.165, 1.54) is 16.4 Å². The summed E-state index contributed by atoms with van der Waals surface area (Å²) in [6.45, 7) is 11.2. The van der Waals surface area contributed by atoms with Crippen molar-refractivity contribution in [1.29, 1.82) is 0 Å². The summed E-state index contributed by atoms with van der Waals surface area (Å²) in [5, 5.41) is 7.36. The molecular weight excluding hydrogens is 392 g/mol. The van der Waals surface area contributed by atoms with Gasteiger partial charge >= 0.3 is 0 Å². The maximum atomic E-state index is 12.3. The first-order valence-corrected chi connectivity index (χ1v) is 11.2. The van der Waals surface area contributed by atoms with Gasteiger partial charge in [-0.3, -0.25) is 9.59 Å².